The van der Waals surface area contributed by atoms with E-state index < -0.39 is 0 Å². The van der Waals surface area contributed by atoms with Crippen LogP contribution in [0.2, 0.25) is 0 Å². The summed E-state index contributed by atoms with van der Waals surface area (Å²) in [6.07, 6.45) is 24.4. The van der Waals surface area contributed by atoms with Gasteiger partial charge in [-0.2, -0.15) is 11.8 Å². The summed E-state index contributed by atoms with van der Waals surface area (Å²) in [5.41, 5.74) is 0. The summed E-state index contributed by atoms with van der Waals surface area (Å²) in [6, 6.07) is 0. The van der Waals surface area contributed by atoms with Crippen LogP contribution in [0.5, 0.6) is 0 Å². The Morgan fingerprint density at radius 3 is 1.50 bits per heavy atom. The third-order valence-electron chi connectivity index (χ3n) is 5.80. The molecule has 0 aliphatic heterocycles. The van der Waals surface area contributed by atoms with Crippen LogP contribution in [0.15, 0.2) is 0 Å². The first kappa shape index (κ1) is 30.3. The molecule has 30 heavy (non-hydrogen) atoms. The Hall–Kier alpha value is 0.270. The molecule has 0 rings (SSSR count). The molecule has 2 nitrogen and oxygen atoms in total. The largest absolute Gasteiger partial charge is 0.371 e. The highest BCUT2D eigenvalue weighted by atomic mass is 32.2. The minimum atomic E-state index is 0.415. The Kier molecular flexibility index (Phi) is 22.7. The Morgan fingerprint density at radius 2 is 1.03 bits per heavy atom. The first-order valence-electron chi connectivity index (χ1n) is 13.5. The second-order valence-corrected chi connectivity index (χ2v) is 11.5. The maximum absolute atomic E-state index is 6.21. The van der Waals surface area contributed by atoms with Crippen LogP contribution >= 0.6 is 11.8 Å². The monoisotopic (exact) mass is 444 g/mol. The van der Waals surface area contributed by atoms with Crippen LogP contribution < -0.4 is 0 Å². The van der Waals surface area contributed by atoms with E-state index in [9.17, 15) is 0 Å². The first-order valence-corrected chi connectivity index (χ1v) is 14.6. The molecule has 0 radical (unpaired) electrons. The van der Waals surface area contributed by atoms with Crippen molar-refractivity contribution in [3.63, 3.8) is 0 Å². The minimum absolute atomic E-state index is 0.415. The predicted octanol–water partition coefficient (Wildman–Crippen LogP) is 8.48. The van der Waals surface area contributed by atoms with Crippen LogP contribution in [-0.4, -0.2) is 56.4 Å². The summed E-state index contributed by atoms with van der Waals surface area (Å²) in [5.74, 6) is 2.48. The van der Waals surface area contributed by atoms with Crippen LogP contribution in [0, 0.1) is 0 Å². The lowest BCUT2D eigenvalue weighted by Crippen LogP contribution is -2.43. The Balaban J connectivity index is 3.47. The van der Waals surface area contributed by atoms with Crippen molar-refractivity contribution in [2.45, 2.75) is 129 Å². The minimum Gasteiger partial charge on any atom is -0.371 e. The smallest absolute Gasteiger partial charge is 0.115 e. The molecule has 0 aliphatic carbocycles. The molecule has 0 aromatic carbocycles. The van der Waals surface area contributed by atoms with Gasteiger partial charge in [0, 0.05) is 12.4 Å². The average Bonchev–Trinajstić information content (AvgIpc) is 2.69. The van der Waals surface area contributed by atoms with Gasteiger partial charge >= 0.3 is 0 Å². The van der Waals surface area contributed by atoms with Crippen molar-refractivity contribution in [3.05, 3.63) is 0 Å². The summed E-state index contributed by atoms with van der Waals surface area (Å²) < 4.78 is 7.21. The summed E-state index contributed by atoms with van der Waals surface area (Å²) >= 11 is 2.12. The van der Waals surface area contributed by atoms with E-state index in [0.717, 1.165) is 17.6 Å². The van der Waals surface area contributed by atoms with Crippen LogP contribution in [0.3, 0.4) is 0 Å². The molecule has 0 aromatic heterocycles. The number of unbranched alkanes of at least 4 members (excludes halogenated alkanes) is 15. The van der Waals surface area contributed by atoms with Crippen LogP contribution in [0.4, 0.5) is 0 Å². The van der Waals surface area contributed by atoms with E-state index in [2.05, 4.69) is 46.8 Å². The molecule has 0 N–H and O–H groups in total. The lowest BCUT2D eigenvalue weighted by Gasteiger charge is -2.29. The van der Waals surface area contributed by atoms with Crippen molar-refractivity contribution < 1.29 is 9.22 Å². The topological polar surface area (TPSA) is 9.23 Å². The Bertz CT molecular complexity index is 329. The van der Waals surface area contributed by atoms with Crippen molar-refractivity contribution in [2.24, 2.45) is 0 Å². The van der Waals surface area contributed by atoms with E-state index in [1.807, 2.05) is 0 Å². The molecular formula is C27H58NOS+. The number of hydrogen-bond donors (Lipinski definition) is 0. The molecule has 3 heteroatoms. The summed E-state index contributed by atoms with van der Waals surface area (Å²) in [6.45, 7) is 6.62. The van der Waals surface area contributed by atoms with Gasteiger partial charge in [0.05, 0.1) is 21.1 Å². The Labute approximate surface area is 195 Å². The van der Waals surface area contributed by atoms with Gasteiger partial charge in [-0.15, -0.1) is 0 Å². The number of quaternary nitrogens is 1. The second kappa shape index (κ2) is 22.5. The van der Waals surface area contributed by atoms with Gasteiger partial charge in [-0.1, -0.05) is 110 Å². The van der Waals surface area contributed by atoms with E-state index >= 15 is 0 Å². The number of thioether (sulfide) groups is 1. The maximum Gasteiger partial charge on any atom is 0.115 e. The molecule has 0 bridgehead atoms. The van der Waals surface area contributed by atoms with Gasteiger partial charge in [0.15, 0.2) is 0 Å². The van der Waals surface area contributed by atoms with Gasteiger partial charge in [-0.05, 0) is 18.6 Å². The van der Waals surface area contributed by atoms with E-state index in [4.69, 9.17) is 4.74 Å². The average molecular weight is 445 g/mol. The first-order chi connectivity index (χ1) is 14.5. The van der Waals surface area contributed by atoms with Crippen molar-refractivity contribution in [3.8, 4) is 0 Å². The SMILES string of the molecule is CCCCCCCCCCCCCCCCSCC(C[N+](C)(C)C)OCCCCC. The number of hydrogen-bond acceptors (Lipinski definition) is 2. The highest BCUT2D eigenvalue weighted by molar-refractivity contribution is 7.99. The van der Waals surface area contributed by atoms with E-state index in [-0.39, 0.29) is 0 Å². The second-order valence-electron chi connectivity index (χ2n) is 10.3. The molecule has 0 saturated carbocycles. The zero-order chi connectivity index (χ0) is 22.3. The summed E-state index contributed by atoms with van der Waals surface area (Å²) in [7, 11) is 6.84. The van der Waals surface area contributed by atoms with E-state index in [1.165, 1.54) is 121 Å². The fourth-order valence-corrected chi connectivity index (χ4v) is 5.02. The van der Waals surface area contributed by atoms with Gasteiger partial charge in [-0.25, -0.2) is 0 Å². The van der Waals surface area contributed by atoms with Crippen LogP contribution in [0.25, 0.3) is 0 Å². The van der Waals surface area contributed by atoms with Gasteiger partial charge in [0.1, 0.15) is 12.6 Å². The molecule has 0 aromatic rings. The molecule has 0 fully saturated rings. The van der Waals surface area contributed by atoms with E-state index in [0.29, 0.717) is 6.10 Å². The van der Waals surface area contributed by atoms with Crippen LogP contribution in [-0.2, 0) is 4.74 Å². The number of rotatable bonds is 24. The normalized spacial score (nSPS) is 13.1. The lowest BCUT2D eigenvalue weighted by atomic mass is 10.0. The number of ether oxygens (including phenoxy) is 1. The lowest BCUT2D eigenvalue weighted by molar-refractivity contribution is -0.873. The van der Waals surface area contributed by atoms with Crippen molar-refractivity contribution in [1.29, 1.82) is 0 Å². The number of likely N-dealkylation sites (N-methyl/N-ethyl adjacent to an activating group) is 1. The van der Waals surface area contributed by atoms with Gasteiger partial charge in [0.25, 0.3) is 0 Å². The van der Waals surface area contributed by atoms with E-state index in [1.54, 1.807) is 0 Å². The fourth-order valence-electron chi connectivity index (χ4n) is 3.98. The highest BCUT2D eigenvalue weighted by Crippen LogP contribution is 2.15. The molecule has 0 saturated heterocycles. The maximum atomic E-state index is 6.21. The van der Waals surface area contributed by atoms with Crippen molar-refractivity contribution >= 4 is 11.8 Å². The third kappa shape index (κ3) is 24.5. The highest BCUT2D eigenvalue weighted by Gasteiger charge is 2.18. The third-order valence-corrected chi connectivity index (χ3v) is 6.98. The molecule has 182 valence electrons. The molecule has 0 aliphatic rings. The molecule has 0 amide bonds. The zero-order valence-corrected chi connectivity index (χ0v) is 22.5. The molecular weight excluding hydrogens is 386 g/mol. The standard InChI is InChI=1S/C27H58NOS/c1-6-8-10-11-12-13-14-15-16-17-18-19-20-22-24-30-26-27(25-28(3,4)5)29-23-21-9-7-2/h27H,6-26H2,1-5H3/q+1. The van der Waals surface area contributed by atoms with Crippen molar-refractivity contribution in [2.75, 3.05) is 45.8 Å². The zero-order valence-electron chi connectivity index (χ0n) is 21.7. The number of nitrogens with zero attached hydrogens (tertiary/aromatic N) is 1. The fraction of sp³-hybridized carbons (Fsp3) is 1.00. The summed E-state index contributed by atoms with van der Waals surface area (Å²) in [5, 5.41) is 0. The van der Waals surface area contributed by atoms with Gasteiger partial charge in [-0.3, -0.25) is 0 Å². The van der Waals surface area contributed by atoms with Crippen molar-refractivity contribution in [1.82, 2.24) is 0 Å². The molecule has 1 atom stereocenters. The van der Waals surface area contributed by atoms with Crippen LogP contribution in [0.1, 0.15) is 123 Å². The quantitative estimate of drug-likeness (QED) is 0.109. The molecule has 0 heterocycles. The molecule has 1 unspecified atom stereocenters. The predicted molar refractivity (Wildman–Crippen MR) is 140 cm³/mol. The summed E-state index contributed by atoms with van der Waals surface area (Å²) in [4.78, 5) is 0. The molecule has 0 spiro atoms. The van der Waals surface area contributed by atoms with Gasteiger partial charge < -0.3 is 9.22 Å². The van der Waals surface area contributed by atoms with Gasteiger partial charge in [0.2, 0.25) is 0 Å². The Morgan fingerprint density at radius 1 is 0.600 bits per heavy atom.